The molecule has 4 amide bonds. The van der Waals surface area contributed by atoms with Crippen LogP contribution in [-0.2, 0) is 35.1 Å². The maximum atomic E-state index is 14.2. The second-order valence-corrected chi connectivity index (χ2v) is 12.5. The molecule has 0 aromatic heterocycles. The maximum Gasteiger partial charge on any atom is 0.408 e. The summed E-state index contributed by atoms with van der Waals surface area (Å²) in [6.45, 7) is 9.99. The summed E-state index contributed by atoms with van der Waals surface area (Å²) in [5.41, 5.74) is 4.73. The number of carbonyl (C=O) groups is 5. The lowest BCUT2D eigenvalue weighted by atomic mass is 9.96. The molecule has 0 radical (unpaired) electrons. The quantitative estimate of drug-likeness (QED) is 0.184. The van der Waals surface area contributed by atoms with Crippen molar-refractivity contribution in [2.75, 3.05) is 0 Å². The van der Waals surface area contributed by atoms with Gasteiger partial charge in [-0.15, -0.1) is 6.42 Å². The minimum absolute atomic E-state index is 0.0659. The van der Waals surface area contributed by atoms with Gasteiger partial charge >= 0.3 is 12.1 Å². The zero-order chi connectivity index (χ0) is 34.7. The number of amides is 4. The molecule has 0 bridgehead atoms. The summed E-state index contributed by atoms with van der Waals surface area (Å²) >= 11 is 0. The molecule has 0 aliphatic heterocycles. The van der Waals surface area contributed by atoms with Crippen LogP contribution >= 0.6 is 0 Å². The summed E-state index contributed by atoms with van der Waals surface area (Å²) in [5.74, 6) is -0.707. The number of rotatable bonds is 12. The number of ether oxygens (including phenoxy) is 2. The van der Waals surface area contributed by atoms with E-state index in [2.05, 4.69) is 22.6 Å². The van der Waals surface area contributed by atoms with Crippen molar-refractivity contribution in [3.8, 4) is 24.8 Å². The number of benzene rings is 2. The fourth-order valence-electron chi connectivity index (χ4n) is 4.36. The first-order valence-electron chi connectivity index (χ1n) is 14.7. The van der Waals surface area contributed by atoms with Gasteiger partial charge in [0.1, 0.15) is 29.3 Å². The first-order chi connectivity index (χ1) is 21.5. The zero-order valence-corrected chi connectivity index (χ0v) is 27.1. The largest absolute Gasteiger partial charge is 0.458 e. The van der Waals surface area contributed by atoms with Crippen LogP contribution in [0.5, 0.6) is 0 Å². The number of nitrogens with two attached hydrogens (primary N) is 1. The van der Waals surface area contributed by atoms with Crippen LogP contribution in [0.1, 0.15) is 77.1 Å². The molecule has 2 aromatic rings. The van der Waals surface area contributed by atoms with E-state index in [0.29, 0.717) is 0 Å². The molecule has 0 spiro atoms. The molecule has 4 N–H and O–H groups in total. The van der Waals surface area contributed by atoms with E-state index in [1.165, 1.54) is 6.07 Å². The maximum absolute atomic E-state index is 14.2. The first kappa shape index (κ1) is 36.9. The normalized spacial score (nSPS) is 13.0. The minimum Gasteiger partial charge on any atom is -0.458 e. The molecule has 2 rings (SSSR count). The Balaban J connectivity index is 2.61. The Labute approximate surface area is 270 Å². The molecule has 2 aromatic carbocycles. The Morgan fingerprint density at radius 1 is 0.848 bits per heavy atom. The molecule has 3 atom stereocenters. The number of esters is 1. The summed E-state index contributed by atoms with van der Waals surface area (Å²) in [5, 5.41) is 5.14. The van der Waals surface area contributed by atoms with Crippen LogP contribution in [0.2, 0.25) is 0 Å². The zero-order valence-electron chi connectivity index (χ0n) is 27.1. The monoisotopic (exact) mass is 630 g/mol. The molecular weight excluding hydrogens is 588 g/mol. The van der Waals surface area contributed by atoms with E-state index < -0.39 is 59.1 Å². The summed E-state index contributed by atoms with van der Waals surface area (Å²) in [6.07, 6.45) is 10.2. The molecule has 46 heavy (non-hydrogen) atoms. The van der Waals surface area contributed by atoms with Crippen LogP contribution in [-0.4, -0.2) is 58.0 Å². The SMILES string of the molecule is C#Cc1ccccc1C(C(=O)NC(Cc1ccccc1)C(=O)OC(C)(C)C)N(C#C)C(=O)C(CCC(N)=O)NC(=O)OC(C)(C)C. The summed E-state index contributed by atoms with van der Waals surface area (Å²) in [4.78, 5) is 66.7. The number of carbonyl (C=O) groups excluding carboxylic acids is 5. The van der Waals surface area contributed by atoms with Gasteiger partial charge in [0, 0.05) is 30.0 Å². The predicted octanol–water partition coefficient (Wildman–Crippen LogP) is 3.36. The van der Waals surface area contributed by atoms with Gasteiger partial charge in [0.05, 0.1) is 0 Å². The van der Waals surface area contributed by atoms with Crippen molar-refractivity contribution in [2.24, 2.45) is 5.73 Å². The van der Waals surface area contributed by atoms with Gasteiger partial charge in [0.25, 0.3) is 5.91 Å². The lowest BCUT2D eigenvalue weighted by Crippen LogP contribution is -2.54. The number of nitrogens with one attached hydrogen (secondary N) is 2. The van der Waals surface area contributed by atoms with Gasteiger partial charge in [-0.25, -0.2) is 9.59 Å². The number of hydrogen-bond acceptors (Lipinski definition) is 7. The molecule has 0 fully saturated rings. The molecule has 3 unspecified atom stereocenters. The lowest BCUT2D eigenvalue weighted by molar-refractivity contribution is -0.159. The van der Waals surface area contributed by atoms with E-state index in [-0.39, 0.29) is 30.4 Å². The molecule has 0 aliphatic rings. The third-order valence-corrected chi connectivity index (χ3v) is 6.25. The second kappa shape index (κ2) is 16.1. The van der Waals surface area contributed by atoms with Crippen LogP contribution in [0, 0.1) is 24.8 Å². The Morgan fingerprint density at radius 2 is 1.43 bits per heavy atom. The summed E-state index contributed by atoms with van der Waals surface area (Å²) in [7, 11) is 0. The highest BCUT2D eigenvalue weighted by Gasteiger charge is 2.39. The number of terminal acetylenes is 2. The Kier molecular flexibility index (Phi) is 13.0. The van der Waals surface area contributed by atoms with E-state index in [4.69, 9.17) is 28.1 Å². The van der Waals surface area contributed by atoms with E-state index >= 15 is 0 Å². The van der Waals surface area contributed by atoms with Crippen LogP contribution in [0.3, 0.4) is 0 Å². The Morgan fingerprint density at radius 3 is 1.98 bits per heavy atom. The van der Waals surface area contributed by atoms with E-state index in [0.717, 1.165) is 10.5 Å². The number of hydrogen-bond donors (Lipinski definition) is 3. The fourth-order valence-corrected chi connectivity index (χ4v) is 4.36. The van der Waals surface area contributed by atoms with Crippen molar-refractivity contribution in [3.63, 3.8) is 0 Å². The number of primary amides is 1. The van der Waals surface area contributed by atoms with Gasteiger partial charge in [0.15, 0.2) is 0 Å². The highest BCUT2D eigenvalue weighted by Crippen LogP contribution is 2.26. The summed E-state index contributed by atoms with van der Waals surface area (Å²) in [6, 6.07) is 13.4. The second-order valence-electron chi connectivity index (χ2n) is 12.5. The van der Waals surface area contributed by atoms with Gasteiger partial charge < -0.3 is 25.8 Å². The number of nitrogens with zero attached hydrogens (tertiary/aromatic N) is 1. The average molecular weight is 631 g/mol. The van der Waals surface area contributed by atoms with E-state index in [9.17, 15) is 24.0 Å². The van der Waals surface area contributed by atoms with Crippen molar-refractivity contribution in [3.05, 3.63) is 71.3 Å². The van der Waals surface area contributed by atoms with Crippen molar-refractivity contribution >= 4 is 29.8 Å². The van der Waals surface area contributed by atoms with Crippen LogP contribution in [0.15, 0.2) is 54.6 Å². The molecule has 11 nitrogen and oxygen atoms in total. The third-order valence-electron chi connectivity index (χ3n) is 6.25. The smallest absolute Gasteiger partial charge is 0.408 e. The van der Waals surface area contributed by atoms with Crippen LogP contribution in [0.25, 0.3) is 0 Å². The van der Waals surface area contributed by atoms with E-state index in [1.807, 2.05) is 6.07 Å². The highest BCUT2D eigenvalue weighted by molar-refractivity contribution is 5.95. The molecule has 0 saturated carbocycles. The molecular formula is C35H42N4O7. The van der Waals surface area contributed by atoms with Gasteiger partial charge in [-0.05, 0) is 59.6 Å². The van der Waals surface area contributed by atoms with Crippen LogP contribution in [0.4, 0.5) is 4.79 Å². The molecule has 0 saturated heterocycles. The van der Waals surface area contributed by atoms with Crippen molar-refractivity contribution in [1.29, 1.82) is 0 Å². The molecule has 0 aliphatic carbocycles. The Hall–Kier alpha value is -5.29. The third kappa shape index (κ3) is 11.7. The lowest BCUT2D eigenvalue weighted by Gasteiger charge is -2.32. The first-order valence-corrected chi connectivity index (χ1v) is 14.7. The minimum atomic E-state index is -1.57. The molecule has 0 heterocycles. The standard InChI is InChI=1S/C35H42N4O7/c1-9-24-18-14-15-19-25(24)29(30(41)37-27(32(43)45-34(3,4)5)22-23-16-12-11-13-17-23)39(10-2)31(42)26(20-21-28(36)40)38-33(44)46-35(6,7)8/h1-2,11-19,26-27,29H,20-22H2,3-8H3,(H2,36,40)(H,37,41)(H,38,44). The fraction of sp³-hybridized carbons (Fsp3) is 0.400. The highest BCUT2D eigenvalue weighted by atomic mass is 16.6. The molecule has 11 heteroatoms. The molecule has 244 valence electrons. The van der Waals surface area contributed by atoms with Crippen molar-refractivity contribution in [1.82, 2.24) is 15.5 Å². The van der Waals surface area contributed by atoms with Crippen molar-refractivity contribution < 1.29 is 33.4 Å². The van der Waals surface area contributed by atoms with Crippen LogP contribution < -0.4 is 16.4 Å². The predicted molar refractivity (Wildman–Crippen MR) is 172 cm³/mol. The van der Waals surface area contributed by atoms with Crippen molar-refractivity contribution in [2.45, 2.75) is 90.1 Å². The van der Waals surface area contributed by atoms with E-state index in [1.54, 1.807) is 84.0 Å². The average Bonchev–Trinajstić information content (AvgIpc) is 2.95. The van der Waals surface area contributed by atoms with Gasteiger partial charge in [-0.3, -0.25) is 19.3 Å². The Bertz CT molecular complexity index is 1490. The van der Waals surface area contributed by atoms with Gasteiger partial charge in [0.2, 0.25) is 11.8 Å². The summed E-state index contributed by atoms with van der Waals surface area (Å²) < 4.78 is 10.9. The van der Waals surface area contributed by atoms with Gasteiger partial charge in [-0.1, -0.05) is 60.9 Å². The topological polar surface area (TPSA) is 157 Å². The number of alkyl carbamates (subject to hydrolysis) is 1. The van der Waals surface area contributed by atoms with Gasteiger partial charge in [-0.2, -0.15) is 0 Å².